The maximum absolute atomic E-state index is 4.42. The SMILES string of the molecule is CC(C)c1ccnc2c(I)cccc12. The van der Waals surface area contributed by atoms with E-state index >= 15 is 0 Å². The van der Waals surface area contributed by atoms with Crippen LogP contribution in [0, 0.1) is 3.57 Å². The van der Waals surface area contributed by atoms with Crippen LogP contribution in [0.25, 0.3) is 10.9 Å². The van der Waals surface area contributed by atoms with Crippen LogP contribution in [0.2, 0.25) is 0 Å². The Bertz CT molecular complexity index is 463. The lowest BCUT2D eigenvalue weighted by molar-refractivity contribution is 0.874. The second-order valence-electron chi connectivity index (χ2n) is 3.69. The second kappa shape index (κ2) is 3.85. The summed E-state index contributed by atoms with van der Waals surface area (Å²) in [5.74, 6) is 0.554. The molecule has 0 amide bonds. The van der Waals surface area contributed by atoms with Crippen LogP contribution < -0.4 is 0 Å². The molecule has 0 atom stereocenters. The Labute approximate surface area is 97.7 Å². The summed E-state index contributed by atoms with van der Waals surface area (Å²) >= 11 is 2.34. The van der Waals surface area contributed by atoms with E-state index in [0.717, 1.165) is 5.52 Å². The van der Waals surface area contributed by atoms with Crippen molar-refractivity contribution in [3.8, 4) is 0 Å². The molecule has 0 aliphatic rings. The van der Waals surface area contributed by atoms with Crippen LogP contribution in [0.3, 0.4) is 0 Å². The first-order chi connectivity index (χ1) is 6.70. The molecule has 2 rings (SSSR count). The van der Waals surface area contributed by atoms with Gasteiger partial charge >= 0.3 is 0 Å². The molecule has 0 bridgehead atoms. The molecule has 0 spiro atoms. The fraction of sp³-hybridized carbons (Fsp3) is 0.250. The van der Waals surface area contributed by atoms with Crippen LogP contribution in [-0.4, -0.2) is 4.98 Å². The minimum Gasteiger partial charge on any atom is -0.255 e. The first-order valence-electron chi connectivity index (χ1n) is 4.73. The fourth-order valence-corrected chi connectivity index (χ4v) is 2.30. The van der Waals surface area contributed by atoms with Crippen molar-refractivity contribution in [3.63, 3.8) is 0 Å². The monoisotopic (exact) mass is 297 g/mol. The van der Waals surface area contributed by atoms with Gasteiger partial charge in [-0.15, -0.1) is 0 Å². The zero-order chi connectivity index (χ0) is 10.1. The van der Waals surface area contributed by atoms with Gasteiger partial charge in [-0.05, 0) is 46.2 Å². The van der Waals surface area contributed by atoms with Gasteiger partial charge in [0.05, 0.1) is 5.52 Å². The first-order valence-corrected chi connectivity index (χ1v) is 5.81. The number of para-hydroxylation sites is 1. The van der Waals surface area contributed by atoms with Crippen LogP contribution in [0.5, 0.6) is 0 Å². The molecular formula is C12H12IN. The van der Waals surface area contributed by atoms with E-state index in [1.807, 2.05) is 6.20 Å². The molecule has 1 aromatic heterocycles. The number of nitrogens with zero attached hydrogens (tertiary/aromatic N) is 1. The molecule has 0 aliphatic carbocycles. The lowest BCUT2D eigenvalue weighted by Crippen LogP contribution is -1.92. The first kappa shape index (κ1) is 9.90. The van der Waals surface area contributed by atoms with E-state index in [1.165, 1.54) is 14.5 Å². The van der Waals surface area contributed by atoms with E-state index in [9.17, 15) is 0 Å². The second-order valence-corrected chi connectivity index (χ2v) is 4.85. The van der Waals surface area contributed by atoms with Crippen LogP contribution >= 0.6 is 22.6 Å². The Hall–Kier alpha value is -0.640. The van der Waals surface area contributed by atoms with Crippen molar-refractivity contribution >= 4 is 33.5 Å². The van der Waals surface area contributed by atoms with Gasteiger partial charge in [-0.3, -0.25) is 4.98 Å². The smallest absolute Gasteiger partial charge is 0.0838 e. The molecule has 1 heterocycles. The predicted molar refractivity (Wildman–Crippen MR) is 68.5 cm³/mol. The van der Waals surface area contributed by atoms with E-state index in [-0.39, 0.29) is 0 Å². The van der Waals surface area contributed by atoms with E-state index in [1.54, 1.807) is 0 Å². The average molecular weight is 297 g/mol. The lowest BCUT2D eigenvalue weighted by Gasteiger charge is -2.09. The molecule has 0 fully saturated rings. The van der Waals surface area contributed by atoms with E-state index in [2.05, 4.69) is 65.7 Å². The third-order valence-corrected chi connectivity index (χ3v) is 3.25. The number of aromatic nitrogens is 1. The van der Waals surface area contributed by atoms with Crippen molar-refractivity contribution in [2.45, 2.75) is 19.8 Å². The number of halogens is 1. The van der Waals surface area contributed by atoms with Crippen molar-refractivity contribution in [2.75, 3.05) is 0 Å². The highest BCUT2D eigenvalue weighted by Gasteiger charge is 2.06. The molecule has 2 aromatic rings. The summed E-state index contributed by atoms with van der Waals surface area (Å²) in [5, 5.41) is 1.29. The van der Waals surface area contributed by atoms with Crippen LogP contribution in [0.15, 0.2) is 30.5 Å². The van der Waals surface area contributed by atoms with Gasteiger partial charge in [-0.2, -0.15) is 0 Å². The van der Waals surface area contributed by atoms with Gasteiger partial charge in [-0.25, -0.2) is 0 Å². The number of rotatable bonds is 1. The van der Waals surface area contributed by atoms with Gasteiger partial charge < -0.3 is 0 Å². The number of pyridine rings is 1. The van der Waals surface area contributed by atoms with Gasteiger partial charge in [0.25, 0.3) is 0 Å². The molecular weight excluding hydrogens is 285 g/mol. The van der Waals surface area contributed by atoms with Gasteiger partial charge in [-0.1, -0.05) is 26.0 Å². The molecule has 14 heavy (non-hydrogen) atoms. The van der Waals surface area contributed by atoms with E-state index in [0.29, 0.717) is 5.92 Å². The molecule has 1 nitrogen and oxygen atoms in total. The molecule has 1 aromatic carbocycles. The standard InChI is InChI=1S/C12H12IN/c1-8(2)9-6-7-14-12-10(9)4-3-5-11(12)13/h3-8H,1-2H3. The van der Waals surface area contributed by atoms with Crippen molar-refractivity contribution in [1.82, 2.24) is 4.98 Å². The normalized spacial score (nSPS) is 11.1. The molecule has 0 unspecified atom stereocenters. The number of fused-ring (bicyclic) bond motifs is 1. The van der Waals surface area contributed by atoms with E-state index < -0.39 is 0 Å². The summed E-state index contributed by atoms with van der Waals surface area (Å²) in [6.07, 6.45) is 1.90. The zero-order valence-electron chi connectivity index (χ0n) is 8.29. The van der Waals surface area contributed by atoms with Crippen molar-refractivity contribution in [3.05, 3.63) is 39.6 Å². The zero-order valence-corrected chi connectivity index (χ0v) is 10.4. The molecule has 2 heteroatoms. The highest BCUT2D eigenvalue weighted by atomic mass is 127. The Balaban J connectivity index is 2.81. The van der Waals surface area contributed by atoms with Crippen molar-refractivity contribution in [1.29, 1.82) is 0 Å². The summed E-state index contributed by atoms with van der Waals surface area (Å²) < 4.78 is 1.22. The Morgan fingerprint density at radius 3 is 2.71 bits per heavy atom. The molecule has 0 radical (unpaired) electrons. The molecule has 0 N–H and O–H groups in total. The number of hydrogen-bond donors (Lipinski definition) is 0. The third-order valence-electron chi connectivity index (χ3n) is 2.38. The highest BCUT2D eigenvalue weighted by molar-refractivity contribution is 14.1. The van der Waals surface area contributed by atoms with Gasteiger partial charge in [0.15, 0.2) is 0 Å². The topological polar surface area (TPSA) is 12.9 Å². The van der Waals surface area contributed by atoms with E-state index in [4.69, 9.17) is 0 Å². The molecule has 72 valence electrons. The Kier molecular flexibility index (Phi) is 2.72. The molecule has 0 saturated carbocycles. The summed E-state index contributed by atoms with van der Waals surface area (Å²) in [6, 6.07) is 8.46. The Morgan fingerprint density at radius 1 is 1.21 bits per heavy atom. The predicted octanol–water partition coefficient (Wildman–Crippen LogP) is 3.96. The minimum atomic E-state index is 0.554. The summed E-state index contributed by atoms with van der Waals surface area (Å²) in [6.45, 7) is 4.43. The molecule has 0 aliphatic heterocycles. The van der Waals surface area contributed by atoms with Gasteiger partial charge in [0.1, 0.15) is 0 Å². The Morgan fingerprint density at radius 2 is 2.00 bits per heavy atom. The number of benzene rings is 1. The summed E-state index contributed by atoms with van der Waals surface area (Å²) in [7, 11) is 0. The van der Waals surface area contributed by atoms with Crippen LogP contribution in [0.1, 0.15) is 25.3 Å². The maximum Gasteiger partial charge on any atom is 0.0838 e. The molecule has 0 saturated heterocycles. The van der Waals surface area contributed by atoms with Crippen LogP contribution in [-0.2, 0) is 0 Å². The minimum absolute atomic E-state index is 0.554. The fourth-order valence-electron chi connectivity index (χ4n) is 1.66. The third kappa shape index (κ3) is 1.63. The summed E-state index contributed by atoms with van der Waals surface area (Å²) in [4.78, 5) is 4.42. The van der Waals surface area contributed by atoms with Crippen molar-refractivity contribution in [2.24, 2.45) is 0 Å². The number of hydrogen-bond acceptors (Lipinski definition) is 1. The lowest BCUT2D eigenvalue weighted by atomic mass is 9.99. The highest BCUT2D eigenvalue weighted by Crippen LogP contribution is 2.26. The average Bonchev–Trinajstić information content (AvgIpc) is 2.17. The summed E-state index contributed by atoms with van der Waals surface area (Å²) in [5.41, 5.74) is 2.51. The van der Waals surface area contributed by atoms with Gasteiger partial charge in [0, 0.05) is 15.2 Å². The van der Waals surface area contributed by atoms with Gasteiger partial charge in [0.2, 0.25) is 0 Å². The van der Waals surface area contributed by atoms with Crippen molar-refractivity contribution < 1.29 is 0 Å². The largest absolute Gasteiger partial charge is 0.255 e. The maximum atomic E-state index is 4.42. The van der Waals surface area contributed by atoms with Crippen LogP contribution in [0.4, 0.5) is 0 Å². The quantitative estimate of drug-likeness (QED) is 0.726.